The van der Waals surface area contributed by atoms with Crippen molar-refractivity contribution in [2.75, 3.05) is 0 Å². The van der Waals surface area contributed by atoms with Crippen LogP contribution in [0.1, 0.15) is 80.1 Å². The molecule has 0 atom stereocenters. The number of hydrogen-bond donors (Lipinski definition) is 2. The first-order valence-corrected chi connectivity index (χ1v) is 7.51. The molecule has 0 saturated heterocycles. The Morgan fingerprint density at radius 3 is 0.810 bits per heavy atom. The average molecular weight is 409 g/mol. The van der Waals surface area contributed by atoms with Crippen LogP contribution >= 0.6 is 0 Å². The van der Waals surface area contributed by atoms with Crippen molar-refractivity contribution in [1.29, 1.82) is 0 Å². The van der Waals surface area contributed by atoms with Gasteiger partial charge in [0.1, 0.15) is 0 Å². The molecular weight excluding hydrogens is 375 g/mol. The summed E-state index contributed by atoms with van der Waals surface area (Å²) in [5.74, 6) is -2.51. The molecule has 0 aliphatic rings. The molecule has 0 bridgehead atoms. The van der Waals surface area contributed by atoms with Gasteiger partial charge in [-0.15, -0.1) is 0 Å². The van der Waals surface area contributed by atoms with E-state index in [1.54, 1.807) is 0 Å². The van der Waals surface area contributed by atoms with Crippen molar-refractivity contribution in [2.45, 2.75) is 80.1 Å². The van der Waals surface area contributed by atoms with Gasteiger partial charge in [-0.3, -0.25) is 0 Å². The predicted octanol–water partition coefficient (Wildman–Crippen LogP) is 4.75. The maximum absolute atomic E-state index is 9.55. The van der Waals surface area contributed by atoms with Gasteiger partial charge < -0.3 is 10.2 Å². The van der Waals surface area contributed by atoms with E-state index in [1.165, 1.54) is 38.5 Å². The minimum Gasteiger partial charge on any atom is -0.478 e. The third kappa shape index (κ3) is 106. The molecule has 0 unspecified atom stereocenters. The summed E-state index contributed by atoms with van der Waals surface area (Å²) in [5.41, 5.74) is 0. The second-order valence-electron chi connectivity index (χ2n) is 4.01. The van der Waals surface area contributed by atoms with Crippen molar-refractivity contribution < 1.29 is 19.8 Å². The SMILES string of the molecule is CCCC.CCCC.CCCC.O=C(O)/C=C/C(=O)O.[Sn]. The molecule has 2 N–H and O–H groups in total. The van der Waals surface area contributed by atoms with Gasteiger partial charge in [-0.25, -0.2) is 9.59 Å². The van der Waals surface area contributed by atoms with E-state index in [0.717, 1.165) is 0 Å². The molecule has 0 aromatic heterocycles. The predicted molar refractivity (Wildman–Crippen MR) is 91.9 cm³/mol. The van der Waals surface area contributed by atoms with Gasteiger partial charge in [-0.2, -0.15) is 0 Å². The van der Waals surface area contributed by atoms with E-state index in [1.807, 2.05) is 0 Å². The Hall–Kier alpha value is -0.521. The van der Waals surface area contributed by atoms with E-state index >= 15 is 0 Å². The van der Waals surface area contributed by atoms with Gasteiger partial charge >= 0.3 is 11.9 Å². The number of aliphatic carboxylic acids is 2. The maximum Gasteiger partial charge on any atom is 0.328 e. The molecule has 0 heterocycles. The molecule has 0 amide bonds. The number of unbranched alkanes of at least 4 members (excludes halogenated alkanes) is 3. The van der Waals surface area contributed by atoms with Crippen molar-refractivity contribution in [3.63, 3.8) is 0 Å². The molecule has 0 spiro atoms. The fourth-order valence-electron chi connectivity index (χ4n) is 0.143. The summed E-state index contributed by atoms with van der Waals surface area (Å²) in [6.45, 7) is 13.1. The summed E-state index contributed by atoms with van der Waals surface area (Å²) >= 11 is 0. The number of carboxylic acids is 2. The van der Waals surface area contributed by atoms with Crippen LogP contribution in [0.4, 0.5) is 0 Å². The second-order valence-corrected chi connectivity index (χ2v) is 4.01. The Labute approximate surface area is 148 Å². The molecule has 0 aromatic rings. The maximum atomic E-state index is 9.55. The van der Waals surface area contributed by atoms with E-state index in [9.17, 15) is 9.59 Å². The van der Waals surface area contributed by atoms with Gasteiger partial charge in [-0.1, -0.05) is 80.1 Å². The Bertz CT molecular complexity index is 185. The normalized spacial score (nSPS) is 7.90. The Morgan fingerprint density at radius 2 is 0.762 bits per heavy atom. The van der Waals surface area contributed by atoms with Gasteiger partial charge in [0.05, 0.1) is 0 Å². The Balaban J connectivity index is -0.0000000570. The van der Waals surface area contributed by atoms with Crippen LogP contribution in [0, 0.1) is 0 Å². The fraction of sp³-hybridized carbons (Fsp3) is 0.750. The van der Waals surface area contributed by atoms with Crippen LogP contribution in [0.15, 0.2) is 12.2 Å². The third-order valence-electron chi connectivity index (χ3n) is 1.87. The molecule has 0 fully saturated rings. The summed E-state index contributed by atoms with van der Waals surface area (Å²) in [7, 11) is 0. The Morgan fingerprint density at radius 1 is 0.619 bits per heavy atom. The topological polar surface area (TPSA) is 74.6 Å². The third-order valence-corrected chi connectivity index (χ3v) is 1.87. The van der Waals surface area contributed by atoms with Crippen LogP contribution in [0.3, 0.4) is 0 Å². The van der Waals surface area contributed by atoms with Gasteiger partial charge in [-0.05, 0) is 0 Å². The quantitative estimate of drug-likeness (QED) is 0.508. The molecule has 21 heavy (non-hydrogen) atoms. The van der Waals surface area contributed by atoms with Crippen LogP contribution in [0.2, 0.25) is 0 Å². The molecule has 5 heteroatoms. The van der Waals surface area contributed by atoms with Crippen LogP contribution in [-0.4, -0.2) is 46.1 Å². The van der Waals surface area contributed by atoms with Gasteiger partial charge in [0.2, 0.25) is 0 Å². The number of carbonyl (C=O) groups is 2. The van der Waals surface area contributed by atoms with E-state index < -0.39 is 11.9 Å². The molecule has 126 valence electrons. The molecule has 0 aliphatic carbocycles. The zero-order valence-corrected chi connectivity index (χ0v) is 17.5. The van der Waals surface area contributed by atoms with Crippen molar-refractivity contribution in [3.8, 4) is 0 Å². The molecule has 4 nitrogen and oxygen atoms in total. The first-order valence-electron chi connectivity index (χ1n) is 7.51. The molecule has 0 aromatic carbocycles. The Kier molecular flexibility index (Phi) is 56.5. The van der Waals surface area contributed by atoms with E-state index in [4.69, 9.17) is 10.2 Å². The number of hydrogen-bond acceptors (Lipinski definition) is 2. The van der Waals surface area contributed by atoms with Crippen LogP contribution in [0.25, 0.3) is 0 Å². The summed E-state index contributed by atoms with van der Waals surface area (Å²) in [5, 5.41) is 15.6. The molecule has 0 aliphatic heterocycles. The van der Waals surface area contributed by atoms with Crippen LogP contribution in [-0.2, 0) is 9.59 Å². The number of carboxylic acid groups (broad SMARTS) is 2. The minimum absolute atomic E-state index is 0. The molecule has 0 saturated carbocycles. The second kappa shape index (κ2) is 36.6. The standard InChI is InChI=1S/C4H4O4.3C4H10.Sn/c5-3(6)1-2-4(7)8;3*1-3-4-2;/h1-2H,(H,5,6)(H,7,8);3*3-4H2,1-2H3;/b2-1+;;;;. The largest absolute Gasteiger partial charge is 0.478 e. The zero-order chi connectivity index (χ0) is 16.8. The van der Waals surface area contributed by atoms with Crippen LogP contribution in [0.5, 0.6) is 0 Å². The molecule has 4 radical (unpaired) electrons. The van der Waals surface area contributed by atoms with Gasteiger partial charge in [0, 0.05) is 36.1 Å². The van der Waals surface area contributed by atoms with Gasteiger partial charge in [0.25, 0.3) is 0 Å². The van der Waals surface area contributed by atoms with E-state index in [2.05, 4.69) is 41.5 Å². The fourth-order valence-corrected chi connectivity index (χ4v) is 0.143. The van der Waals surface area contributed by atoms with Crippen molar-refractivity contribution in [2.24, 2.45) is 0 Å². The first kappa shape index (κ1) is 32.4. The zero-order valence-electron chi connectivity index (χ0n) is 14.6. The van der Waals surface area contributed by atoms with Crippen molar-refractivity contribution in [1.82, 2.24) is 0 Å². The summed E-state index contributed by atoms with van der Waals surface area (Å²) in [6, 6.07) is 0. The van der Waals surface area contributed by atoms with E-state index in [0.29, 0.717) is 12.2 Å². The average Bonchev–Trinajstić information content (AvgIpc) is 2.45. The summed E-state index contributed by atoms with van der Waals surface area (Å²) < 4.78 is 0. The monoisotopic (exact) mass is 410 g/mol. The number of rotatable bonds is 5. The first-order chi connectivity index (χ1) is 9.37. The van der Waals surface area contributed by atoms with Crippen molar-refractivity contribution in [3.05, 3.63) is 12.2 Å². The van der Waals surface area contributed by atoms with Crippen LogP contribution < -0.4 is 0 Å². The summed E-state index contributed by atoms with van der Waals surface area (Å²) in [6.07, 6.45) is 9.03. The smallest absolute Gasteiger partial charge is 0.328 e. The van der Waals surface area contributed by atoms with E-state index in [-0.39, 0.29) is 23.9 Å². The minimum atomic E-state index is -1.26. The molecule has 0 rings (SSSR count). The van der Waals surface area contributed by atoms with Gasteiger partial charge in [0.15, 0.2) is 0 Å². The van der Waals surface area contributed by atoms with Crippen molar-refractivity contribution >= 4 is 35.8 Å². The molecular formula is C16H34O4Sn. The summed E-state index contributed by atoms with van der Waals surface area (Å²) in [4.78, 5) is 19.1.